The van der Waals surface area contributed by atoms with Crippen LogP contribution < -0.4 is 5.32 Å². The van der Waals surface area contributed by atoms with E-state index in [9.17, 15) is 18.0 Å². The molecule has 5 rings (SSSR count). The van der Waals surface area contributed by atoms with Crippen LogP contribution in [-0.4, -0.2) is 30.3 Å². The van der Waals surface area contributed by atoms with Gasteiger partial charge in [0.1, 0.15) is 5.69 Å². The Morgan fingerprint density at radius 2 is 1.89 bits per heavy atom. The van der Waals surface area contributed by atoms with Crippen LogP contribution in [0.25, 0.3) is 5.65 Å². The SMILES string of the molecule is Cc1nn(Cc2ccc(Cl)cc2Cl)c(C)c1NC(=O)c1cc2nc(C3CC3)cc(C(F)(F)F)n2n1. The molecule has 1 aliphatic rings. The van der Waals surface area contributed by atoms with Gasteiger partial charge < -0.3 is 5.32 Å². The van der Waals surface area contributed by atoms with Gasteiger partial charge >= 0.3 is 6.18 Å². The van der Waals surface area contributed by atoms with Gasteiger partial charge in [-0.15, -0.1) is 0 Å². The van der Waals surface area contributed by atoms with Gasteiger partial charge in [0.2, 0.25) is 0 Å². The van der Waals surface area contributed by atoms with Gasteiger partial charge in [0.15, 0.2) is 11.3 Å². The van der Waals surface area contributed by atoms with Gasteiger partial charge in [-0.2, -0.15) is 23.4 Å². The Bertz CT molecular complexity index is 1470. The molecule has 1 amide bonds. The molecule has 0 spiro atoms. The first-order valence-corrected chi connectivity index (χ1v) is 11.5. The minimum absolute atomic E-state index is 0.0126. The van der Waals surface area contributed by atoms with Gasteiger partial charge in [0.05, 0.1) is 23.6 Å². The van der Waals surface area contributed by atoms with Crippen molar-refractivity contribution < 1.29 is 18.0 Å². The predicted octanol–water partition coefficient (Wildman–Crippen LogP) is 6.05. The van der Waals surface area contributed by atoms with E-state index in [2.05, 4.69) is 20.5 Å². The van der Waals surface area contributed by atoms with Gasteiger partial charge in [-0.3, -0.25) is 9.48 Å². The van der Waals surface area contributed by atoms with Crippen molar-refractivity contribution in [1.29, 1.82) is 0 Å². The number of rotatable bonds is 5. The molecule has 0 radical (unpaired) electrons. The molecule has 1 aliphatic carbocycles. The summed E-state index contributed by atoms with van der Waals surface area (Å²) in [6, 6.07) is 7.42. The summed E-state index contributed by atoms with van der Waals surface area (Å²) in [4.78, 5) is 17.3. The lowest BCUT2D eigenvalue weighted by atomic mass is 10.2. The number of halogens is 5. The Labute approximate surface area is 207 Å². The Morgan fingerprint density at radius 3 is 2.54 bits per heavy atom. The van der Waals surface area contributed by atoms with E-state index in [0.29, 0.717) is 43.9 Å². The molecule has 1 saturated carbocycles. The third-order valence-corrected chi connectivity index (χ3v) is 6.51. The fourth-order valence-corrected chi connectivity index (χ4v) is 4.38. The van der Waals surface area contributed by atoms with Gasteiger partial charge in [-0.05, 0) is 50.5 Å². The zero-order chi connectivity index (χ0) is 25.1. The first-order valence-electron chi connectivity index (χ1n) is 10.8. The van der Waals surface area contributed by atoms with E-state index in [1.165, 1.54) is 6.07 Å². The maximum atomic E-state index is 13.7. The maximum Gasteiger partial charge on any atom is 0.433 e. The van der Waals surface area contributed by atoms with Crippen LogP contribution in [0.3, 0.4) is 0 Å². The van der Waals surface area contributed by atoms with Crippen LogP contribution in [0.4, 0.5) is 18.9 Å². The van der Waals surface area contributed by atoms with Gasteiger partial charge in [-0.25, -0.2) is 9.50 Å². The van der Waals surface area contributed by atoms with Gasteiger partial charge in [0, 0.05) is 27.7 Å². The normalized spacial score (nSPS) is 14.0. The van der Waals surface area contributed by atoms with E-state index in [0.717, 1.165) is 24.5 Å². The zero-order valence-corrected chi connectivity index (χ0v) is 20.1. The van der Waals surface area contributed by atoms with E-state index < -0.39 is 17.8 Å². The number of carbonyl (C=O) groups is 1. The van der Waals surface area contributed by atoms with Crippen LogP contribution in [-0.2, 0) is 12.7 Å². The molecule has 12 heteroatoms. The first kappa shape index (κ1) is 23.6. The third-order valence-electron chi connectivity index (χ3n) is 5.92. The molecule has 182 valence electrons. The molecule has 3 heterocycles. The van der Waals surface area contributed by atoms with Crippen molar-refractivity contribution >= 4 is 40.4 Å². The molecular formula is C23H19Cl2F3N6O. The summed E-state index contributed by atoms with van der Waals surface area (Å²) >= 11 is 12.2. The van der Waals surface area contributed by atoms with Crippen molar-refractivity contribution in [3.63, 3.8) is 0 Å². The van der Waals surface area contributed by atoms with Crippen molar-refractivity contribution in [2.24, 2.45) is 0 Å². The van der Waals surface area contributed by atoms with Gasteiger partial charge in [-0.1, -0.05) is 29.3 Å². The topological polar surface area (TPSA) is 77.1 Å². The predicted molar refractivity (Wildman–Crippen MR) is 125 cm³/mol. The number of aryl methyl sites for hydroxylation is 1. The molecule has 0 aliphatic heterocycles. The second kappa shape index (κ2) is 8.53. The van der Waals surface area contributed by atoms with Crippen molar-refractivity contribution in [2.45, 2.75) is 45.3 Å². The summed E-state index contributed by atoms with van der Waals surface area (Å²) in [5.41, 5.74) is 1.63. The Balaban J connectivity index is 1.44. The highest BCUT2D eigenvalue weighted by molar-refractivity contribution is 6.35. The van der Waals surface area contributed by atoms with E-state index in [1.807, 2.05) is 0 Å². The zero-order valence-electron chi connectivity index (χ0n) is 18.6. The van der Waals surface area contributed by atoms with E-state index in [4.69, 9.17) is 23.2 Å². The Morgan fingerprint density at radius 1 is 1.14 bits per heavy atom. The van der Waals surface area contributed by atoms with Crippen molar-refractivity contribution in [3.05, 3.63) is 74.4 Å². The Kier molecular flexibility index (Phi) is 5.76. The maximum absolute atomic E-state index is 13.7. The molecule has 1 aromatic carbocycles. The standard InChI is InChI=1S/C23H19Cl2F3N6O/c1-11-21(12(2)33(31-11)10-14-5-6-15(24)7-16(14)25)30-22(35)18-9-20-29-17(13-3-4-13)8-19(23(26,27)28)34(20)32-18/h5-9,13H,3-4,10H2,1-2H3,(H,30,35). The number of hydrogen-bond acceptors (Lipinski definition) is 4. The number of benzene rings is 1. The molecule has 0 bridgehead atoms. The van der Waals surface area contributed by atoms with Crippen LogP contribution in [0.2, 0.25) is 10.0 Å². The highest BCUT2D eigenvalue weighted by atomic mass is 35.5. The molecule has 0 unspecified atom stereocenters. The van der Waals surface area contributed by atoms with Gasteiger partial charge in [0.25, 0.3) is 5.91 Å². The second-order valence-corrected chi connectivity index (χ2v) is 9.37. The number of amides is 1. The molecule has 3 aromatic heterocycles. The monoisotopic (exact) mass is 522 g/mol. The van der Waals surface area contributed by atoms with E-state index in [1.54, 1.807) is 36.7 Å². The minimum atomic E-state index is -4.64. The minimum Gasteiger partial charge on any atom is -0.317 e. The second-order valence-electron chi connectivity index (χ2n) is 8.53. The number of aromatic nitrogens is 5. The van der Waals surface area contributed by atoms with E-state index >= 15 is 0 Å². The molecule has 35 heavy (non-hydrogen) atoms. The number of hydrogen-bond donors (Lipinski definition) is 1. The summed E-state index contributed by atoms with van der Waals surface area (Å²) in [7, 11) is 0. The molecule has 4 aromatic rings. The van der Waals surface area contributed by atoms with Crippen molar-refractivity contribution in [3.8, 4) is 0 Å². The fourth-order valence-electron chi connectivity index (χ4n) is 3.92. The van der Waals surface area contributed by atoms with Crippen LogP contribution >= 0.6 is 23.2 Å². The lowest BCUT2D eigenvalue weighted by molar-refractivity contribution is -0.142. The van der Waals surface area contributed by atoms with Crippen LogP contribution in [0.5, 0.6) is 0 Å². The quantitative estimate of drug-likeness (QED) is 0.346. The molecular weight excluding hydrogens is 504 g/mol. The fraction of sp³-hybridized carbons (Fsp3) is 0.304. The van der Waals surface area contributed by atoms with Crippen LogP contribution in [0.15, 0.2) is 30.3 Å². The lowest BCUT2D eigenvalue weighted by Gasteiger charge is -2.10. The summed E-state index contributed by atoms with van der Waals surface area (Å²) in [5, 5.41) is 12.1. The number of fused-ring (bicyclic) bond motifs is 1. The average molecular weight is 523 g/mol. The average Bonchev–Trinajstić information content (AvgIpc) is 3.49. The van der Waals surface area contributed by atoms with Crippen LogP contribution in [0.1, 0.15) is 57.6 Å². The molecule has 0 saturated heterocycles. The third kappa shape index (κ3) is 4.60. The van der Waals surface area contributed by atoms with Crippen molar-refractivity contribution in [2.75, 3.05) is 5.32 Å². The number of anilines is 1. The highest BCUT2D eigenvalue weighted by Crippen LogP contribution is 2.41. The summed E-state index contributed by atoms with van der Waals surface area (Å²) in [5.74, 6) is -0.648. The van der Waals surface area contributed by atoms with E-state index in [-0.39, 0.29) is 17.3 Å². The smallest absolute Gasteiger partial charge is 0.317 e. The molecule has 7 nitrogen and oxygen atoms in total. The summed E-state index contributed by atoms with van der Waals surface area (Å²) < 4.78 is 43.3. The summed E-state index contributed by atoms with van der Waals surface area (Å²) in [6.45, 7) is 3.83. The largest absolute Gasteiger partial charge is 0.433 e. The lowest BCUT2D eigenvalue weighted by Crippen LogP contribution is -2.16. The molecule has 1 N–H and O–H groups in total. The van der Waals surface area contributed by atoms with Crippen LogP contribution in [0, 0.1) is 13.8 Å². The highest BCUT2D eigenvalue weighted by Gasteiger charge is 2.37. The van der Waals surface area contributed by atoms with Crippen molar-refractivity contribution in [1.82, 2.24) is 24.4 Å². The number of nitrogens with one attached hydrogen (secondary N) is 1. The summed E-state index contributed by atoms with van der Waals surface area (Å²) in [6.07, 6.45) is -3.04. The number of carbonyl (C=O) groups excluding carboxylic acids is 1. The molecule has 0 atom stereocenters. The number of alkyl halides is 3. The molecule has 1 fully saturated rings. The number of nitrogens with zero attached hydrogens (tertiary/aromatic N) is 5. The Hall–Kier alpha value is -3.11. The first-order chi connectivity index (χ1) is 16.5.